The minimum Gasteiger partial charge on any atom is -0.381 e. The smallest absolute Gasteiger partial charge is 0.259 e. The molecule has 0 saturated carbocycles. The fraction of sp³-hybridized carbons (Fsp3) is 0.250. The number of anilines is 3. The molecular weight excluding hydrogens is 664 g/mol. The van der Waals surface area contributed by atoms with Gasteiger partial charge in [0.05, 0.1) is 22.3 Å². The van der Waals surface area contributed by atoms with Crippen molar-refractivity contribution in [3.05, 3.63) is 113 Å². The number of amides is 2. The van der Waals surface area contributed by atoms with Gasteiger partial charge in [-0.2, -0.15) is 0 Å². The number of nitrogens with one attached hydrogen (secondary N) is 2. The fourth-order valence-corrected chi connectivity index (χ4v) is 8.83. The van der Waals surface area contributed by atoms with E-state index in [1.807, 2.05) is 61.5 Å². The van der Waals surface area contributed by atoms with Gasteiger partial charge in [-0.25, -0.2) is 14.4 Å². The lowest BCUT2D eigenvalue weighted by atomic mass is 9.73. The molecule has 9 rings (SSSR count). The number of para-hydroxylation sites is 3. The number of thiophene rings is 1. The monoisotopic (exact) mass is 698 g/mol. The molecule has 3 aliphatic heterocycles. The minimum absolute atomic E-state index is 0.196. The molecule has 6 aromatic rings. The first kappa shape index (κ1) is 31.6. The van der Waals surface area contributed by atoms with Crippen LogP contribution in [0, 0.1) is 18.2 Å². The number of hydrogen-bond acceptors (Lipinski definition) is 7. The SMILES string of the molecule is Cc1cnc(N2CC3(CCOCC3)C2)c(C(=O)Nc2ccc(C(=O)N3CCc4c(sc(-c5nc6ccccc6[nH]5)c4F)-c4ccccc43)cc2)c1. The normalized spacial score (nSPS) is 16.4. The van der Waals surface area contributed by atoms with Crippen LogP contribution in [-0.2, 0) is 11.2 Å². The van der Waals surface area contributed by atoms with Gasteiger partial charge in [-0.15, -0.1) is 11.3 Å². The summed E-state index contributed by atoms with van der Waals surface area (Å²) in [5, 5.41) is 3.01. The van der Waals surface area contributed by atoms with Gasteiger partial charge in [0.25, 0.3) is 11.8 Å². The number of halogens is 1. The zero-order valence-corrected chi connectivity index (χ0v) is 28.9. The maximum Gasteiger partial charge on any atom is 0.259 e. The highest BCUT2D eigenvalue weighted by Crippen LogP contribution is 2.46. The molecule has 2 fully saturated rings. The van der Waals surface area contributed by atoms with Crippen molar-refractivity contribution in [1.82, 2.24) is 15.0 Å². The molecule has 0 radical (unpaired) electrons. The molecule has 2 saturated heterocycles. The van der Waals surface area contributed by atoms with Crippen LogP contribution in [0.3, 0.4) is 0 Å². The lowest BCUT2D eigenvalue weighted by Gasteiger charge is -2.53. The summed E-state index contributed by atoms with van der Waals surface area (Å²) in [4.78, 5) is 45.4. The Balaban J connectivity index is 0.939. The van der Waals surface area contributed by atoms with Crippen molar-refractivity contribution in [2.45, 2.75) is 26.2 Å². The number of fused-ring (bicyclic) bond motifs is 4. The van der Waals surface area contributed by atoms with E-state index in [9.17, 15) is 9.59 Å². The summed E-state index contributed by atoms with van der Waals surface area (Å²) in [6.07, 6.45) is 4.21. The number of carbonyl (C=O) groups excluding carboxylic acids is 2. The summed E-state index contributed by atoms with van der Waals surface area (Å²) in [5.74, 6) is 0.449. The molecule has 9 nitrogen and oxygen atoms in total. The van der Waals surface area contributed by atoms with Crippen molar-refractivity contribution >= 4 is 51.4 Å². The Morgan fingerprint density at radius 2 is 1.75 bits per heavy atom. The quantitative estimate of drug-likeness (QED) is 0.190. The molecule has 256 valence electrons. The number of aromatic nitrogens is 3. The Hall–Kier alpha value is -5.39. The largest absolute Gasteiger partial charge is 0.381 e. The second-order valence-electron chi connectivity index (χ2n) is 13.8. The molecule has 0 unspecified atom stereocenters. The van der Waals surface area contributed by atoms with Crippen molar-refractivity contribution < 1.29 is 18.7 Å². The van der Waals surface area contributed by atoms with Crippen LogP contribution in [0.1, 0.15) is 44.7 Å². The molecular formula is C40H35FN6O3S. The van der Waals surface area contributed by atoms with Gasteiger partial charge >= 0.3 is 0 Å². The summed E-state index contributed by atoms with van der Waals surface area (Å²) < 4.78 is 21.7. The van der Waals surface area contributed by atoms with E-state index in [1.165, 1.54) is 11.3 Å². The highest BCUT2D eigenvalue weighted by atomic mass is 32.1. The first-order valence-corrected chi connectivity index (χ1v) is 18.1. The van der Waals surface area contributed by atoms with Crippen LogP contribution in [0.2, 0.25) is 0 Å². The van der Waals surface area contributed by atoms with Crippen LogP contribution in [0.25, 0.3) is 32.2 Å². The van der Waals surface area contributed by atoms with Gasteiger partial charge in [0.15, 0.2) is 5.82 Å². The fourth-order valence-electron chi connectivity index (χ4n) is 7.62. The number of hydrogen-bond donors (Lipinski definition) is 2. The Bertz CT molecular complexity index is 2290. The molecule has 1 spiro atoms. The van der Waals surface area contributed by atoms with Gasteiger partial charge in [-0.1, -0.05) is 30.3 Å². The van der Waals surface area contributed by atoms with Crippen molar-refractivity contribution in [3.63, 3.8) is 0 Å². The van der Waals surface area contributed by atoms with E-state index >= 15 is 4.39 Å². The third-order valence-corrected chi connectivity index (χ3v) is 11.6. The predicted molar refractivity (Wildman–Crippen MR) is 198 cm³/mol. The van der Waals surface area contributed by atoms with E-state index in [2.05, 4.69) is 25.2 Å². The second kappa shape index (κ2) is 12.4. The van der Waals surface area contributed by atoms with E-state index in [1.54, 1.807) is 35.4 Å². The molecule has 3 aliphatic rings. The topological polar surface area (TPSA) is 103 Å². The van der Waals surface area contributed by atoms with Gasteiger partial charge in [-0.3, -0.25) is 9.59 Å². The first-order valence-electron chi connectivity index (χ1n) is 17.2. The molecule has 0 aliphatic carbocycles. The third-order valence-electron chi connectivity index (χ3n) is 10.4. The summed E-state index contributed by atoms with van der Waals surface area (Å²) >= 11 is 1.36. The number of rotatable bonds is 5. The minimum atomic E-state index is -0.303. The van der Waals surface area contributed by atoms with E-state index < -0.39 is 0 Å². The van der Waals surface area contributed by atoms with Crippen LogP contribution < -0.4 is 15.1 Å². The number of benzene rings is 3. The van der Waals surface area contributed by atoms with Crippen molar-refractivity contribution in [3.8, 4) is 21.1 Å². The number of pyridine rings is 1. The number of aryl methyl sites for hydroxylation is 1. The number of imidazole rings is 1. The molecule has 3 aromatic heterocycles. The van der Waals surface area contributed by atoms with E-state index in [0.29, 0.717) is 51.9 Å². The standard InChI is InChI=1S/C40H35FN6O3S/c1-24-20-29(37(42-21-24)46-22-40(23-46)15-18-50-19-16-40)38(48)43-26-12-10-25(11-13-26)39(49)47-17-14-28-33(41)35(36-44-30-7-3-4-8-31(30)45-36)51-34(28)27-6-2-5-9-32(27)47/h2-13,20-21H,14-19,22-23H2,1H3,(H,43,48)(H,44,45). The van der Waals surface area contributed by atoms with Gasteiger partial charge in [0.1, 0.15) is 16.5 Å². The van der Waals surface area contributed by atoms with Gasteiger partial charge < -0.3 is 24.8 Å². The van der Waals surface area contributed by atoms with Gasteiger partial charge in [0, 0.05) is 71.7 Å². The Labute approximate surface area is 298 Å². The van der Waals surface area contributed by atoms with Crippen LogP contribution in [0.4, 0.5) is 21.6 Å². The molecule has 6 heterocycles. The van der Waals surface area contributed by atoms with Crippen molar-refractivity contribution in [2.75, 3.05) is 48.0 Å². The van der Waals surface area contributed by atoms with E-state index in [0.717, 1.165) is 71.9 Å². The second-order valence-corrected chi connectivity index (χ2v) is 14.8. The zero-order chi connectivity index (χ0) is 34.7. The molecule has 3 aromatic carbocycles. The molecule has 2 amide bonds. The number of H-pyrrole nitrogens is 1. The van der Waals surface area contributed by atoms with Crippen LogP contribution in [-0.4, -0.2) is 59.6 Å². The maximum absolute atomic E-state index is 16.1. The summed E-state index contributed by atoms with van der Waals surface area (Å²) in [6, 6.07) is 24.1. The highest BCUT2D eigenvalue weighted by molar-refractivity contribution is 7.19. The first-order chi connectivity index (χ1) is 24.9. The maximum atomic E-state index is 16.1. The Morgan fingerprint density at radius 3 is 2.55 bits per heavy atom. The number of aromatic amines is 1. The average Bonchev–Trinajstić information content (AvgIpc) is 3.67. The molecule has 2 N–H and O–H groups in total. The van der Waals surface area contributed by atoms with Crippen LogP contribution in [0.15, 0.2) is 85.1 Å². The van der Waals surface area contributed by atoms with E-state index in [-0.39, 0.29) is 23.0 Å². The van der Waals surface area contributed by atoms with Crippen molar-refractivity contribution in [1.29, 1.82) is 0 Å². The van der Waals surface area contributed by atoms with Gasteiger partial charge in [0.2, 0.25) is 0 Å². The summed E-state index contributed by atoms with van der Waals surface area (Å²) in [5.41, 5.74) is 6.48. The van der Waals surface area contributed by atoms with Gasteiger partial charge in [-0.05, 0) is 80.3 Å². The summed E-state index contributed by atoms with van der Waals surface area (Å²) in [6.45, 7) is 5.53. The summed E-state index contributed by atoms with van der Waals surface area (Å²) in [7, 11) is 0. The molecule has 51 heavy (non-hydrogen) atoms. The van der Waals surface area contributed by atoms with E-state index in [4.69, 9.17) is 4.74 Å². The zero-order valence-electron chi connectivity index (χ0n) is 28.0. The van der Waals surface area contributed by atoms with Crippen LogP contribution in [0.5, 0.6) is 0 Å². The Kier molecular flexibility index (Phi) is 7.70. The highest BCUT2D eigenvalue weighted by Gasteiger charge is 2.45. The predicted octanol–water partition coefficient (Wildman–Crippen LogP) is 7.87. The molecule has 0 bridgehead atoms. The Morgan fingerprint density at radius 1 is 0.980 bits per heavy atom. The lowest BCUT2D eigenvalue weighted by Crippen LogP contribution is -2.59. The molecule has 11 heteroatoms. The van der Waals surface area contributed by atoms with Crippen molar-refractivity contribution in [2.24, 2.45) is 5.41 Å². The van der Waals surface area contributed by atoms with Crippen LogP contribution >= 0.6 is 11.3 Å². The lowest BCUT2D eigenvalue weighted by molar-refractivity contribution is -0.000510. The number of ether oxygens (including phenoxy) is 1. The number of carbonyl (C=O) groups is 2. The third kappa shape index (κ3) is 5.57. The molecule has 0 atom stereocenters. The average molecular weight is 699 g/mol. The number of nitrogens with zero attached hydrogens (tertiary/aromatic N) is 4.